The van der Waals surface area contributed by atoms with Gasteiger partial charge in [-0.3, -0.25) is 0 Å². The summed E-state index contributed by atoms with van der Waals surface area (Å²) in [5.41, 5.74) is 1.34. The van der Waals surface area contributed by atoms with Crippen molar-refractivity contribution in [1.29, 1.82) is 0 Å². The number of halogens is 3. The van der Waals surface area contributed by atoms with Crippen LogP contribution in [0.15, 0.2) is 36.4 Å². The van der Waals surface area contributed by atoms with E-state index in [1.165, 1.54) is 20.3 Å². The summed E-state index contributed by atoms with van der Waals surface area (Å²) in [6.45, 7) is 0.0475. The number of hydrogen-bond acceptors (Lipinski definition) is 4. The van der Waals surface area contributed by atoms with Gasteiger partial charge in [-0.2, -0.15) is 0 Å². The standard InChI is InChI=1S/C18H15Cl3O4/c1-23-16-8-11(7-15(21)18(16)24-2)3-6-17(22)25-10-12-4-5-13(19)9-14(12)20/h3-9H,10H2,1-2H3. The van der Waals surface area contributed by atoms with E-state index in [4.69, 9.17) is 49.0 Å². The van der Waals surface area contributed by atoms with E-state index >= 15 is 0 Å². The summed E-state index contributed by atoms with van der Waals surface area (Å²) < 4.78 is 15.5. The molecule has 7 heteroatoms. The lowest BCUT2D eigenvalue weighted by Crippen LogP contribution is -2.01. The van der Waals surface area contributed by atoms with Crippen LogP contribution in [0.5, 0.6) is 11.5 Å². The molecule has 0 aliphatic carbocycles. The predicted octanol–water partition coefficient (Wildman–Crippen LogP) is 5.42. The van der Waals surface area contributed by atoms with Crippen LogP contribution in [-0.2, 0) is 16.1 Å². The largest absolute Gasteiger partial charge is 0.493 e. The van der Waals surface area contributed by atoms with Gasteiger partial charge in [0.05, 0.1) is 19.2 Å². The second-order valence-electron chi connectivity index (χ2n) is 4.92. The van der Waals surface area contributed by atoms with Crippen molar-refractivity contribution >= 4 is 46.8 Å². The van der Waals surface area contributed by atoms with Gasteiger partial charge < -0.3 is 14.2 Å². The van der Waals surface area contributed by atoms with Crippen LogP contribution in [0, 0.1) is 0 Å². The summed E-state index contributed by atoms with van der Waals surface area (Å²) in [5.74, 6) is 0.383. The molecule has 0 spiro atoms. The summed E-state index contributed by atoms with van der Waals surface area (Å²) in [6, 6.07) is 8.33. The van der Waals surface area contributed by atoms with Crippen molar-refractivity contribution in [2.45, 2.75) is 6.61 Å². The van der Waals surface area contributed by atoms with E-state index in [9.17, 15) is 4.79 Å². The molecule has 0 bridgehead atoms. The van der Waals surface area contributed by atoms with Crippen LogP contribution in [0.25, 0.3) is 6.08 Å². The normalized spacial score (nSPS) is 10.8. The minimum absolute atomic E-state index is 0.0475. The smallest absolute Gasteiger partial charge is 0.331 e. The van der Waals surface area contributed by atoms with Gasteiger partial charge in [0, 0.05) is 21.7 Å². The fraction of sp³-hybridized carbons (Fsp3) is 0.167. The van der Waals surface area contributed by atoms with Crippen molar-refractivity contribution in [1.82, 2.24) is 0 Å². The lowest BCUT2D eigenvalue weighted by atomic mass is 10.2. The van der Waals surface area contributed by atoms with Crippen molar-refractivity contribution < 1.29 is 19.0 Å². The Hall–Kier alpha value is -1.88. The maximum Gasteiger partial charge on any atom is 0.331 e. The first-order valence-corrected chi connectivity index (χ1v) is 8.28. The molecule has 0 amide bonds. The van der Waals surface area contributed by atoms with E-state index in [1.54, 1.807) is 36.4 Å². The highest BCUT2D eigenvalue weighted by molar-refractivity contribution is 6.35. The molecule has 4 nitrogen and oxygen atoms in total. The van der Waals surface area contributed by atoms with Gasteiger partial charge in [-0.25, -0.2) is 4.79 Å². The molecule has 0 heterocycles. The Kier molecular flexibility index (Phi) is 7.00. The molecule has 2 aromatic carbocycles. The molecule has 0 aliphatic rings. The van der Waals surface area contributed by atoms with E-state index in [-0.39, 0.29) is 6.61 Å². The molecule has 0 fully saturated rings. The summed E-state index contributed by atoms with van der Waals surface area (Å²) >= 11 is 18.0. The first-order valence-electron chi connectivity index (χ1n) is 7.15. The number of carbonyl (C=O) groups is 1. The van der Waals surface area contributed by atoms with Crippen LogP contribution in [0.3, 0.4) is 0 Å². The average Bonchev–Trinajstić information content (AvgIpc) is 2.58. The minimum atomic E-state index is -0.517. The molecule has 2 rings (SSSR count). The van der Waals surface area contributed by atoms with E-state index in [0.717, 1.165) is 0 Å². The monoisotopic (exact) mass is 400 g/mol. The van der Waals surface area contributed by atoms with Gasteiger partial charge in [0.25, 0.3) is 0 Å². The predicted molar refractivity (Wildman–Crippen MR) is 99.8 cm³/mol. The number of carbonyl (C=O) groups excluding carboxylic acids is 1. The zero-order valence-electron chi connectivity index (χ0n) is 13.5. The Morgan fingerprint density at radius 1 is 1.04 bits per heavy atom. The van der Waals surface area contributed by atoms with Crippen molar-refractivity contribution in [2.24, 2.45) is 0 Å². The first-order chi connectivity index (χ1) is 11.9. The van der Waals surface area contributed by atoms with Gasteiger partial charge in [0.2, 0.25) is 0 Å². The van der Waals surface area contributed by atoms with Crippen LogP contribution in [0.2, 0.25) is 15.1 Å². The van der Waals surface area contributed by atoms with E-state index in [1.807, 2.05) is 0 Å². The third-order valence-electron chi connectivity index (χ3n) is 3.25. The van der Waals surface area contributed by atoms with Gasteiger partial charge in [0.1, 0.15) is 6.61 Å². The molecule has 0 unspecified atom stereocenters. The molecule has 132 valence electrons. The summed E-state index contributed by atoms with van der Waals surface area (Å²) in [6.07, 6.45) is 2.86. The van der Waals surface area contributed by atoms with Crippen LogP contribution in [0.1, 0.15) is 11.1 Å². The Morgan fingerprint density at radius 2 is 1.80 bits per heavy atom. The van der Waals surface area contributed by atoms with E-state index in [2.05, 4.69) is 0 Å². The molecule has 0 aromatic heterocycles. The summed E-state index contributed by atoms with van der Waals surface area (Å²) in [7, 11) is 3.00. The minimum Gasteiger partial charge on any atom is -0.493 e. The van der Waals surface area contributed by atoms with Gasteiger partial charge >= 0.3 is 5.97 Å². The molecule has 0 radical (unpaired) electrons. The second-order valence-corrected chi connectivity index (χ2v) is 6.17. The maximum atomic E-state index is 11.9. The molecule has 0 N–H and O–H groups in total. The number of hydrogen-bond donors (Lipinski definition) is 0. The third-order valence-corrected chi connectivity index (χ3v) is 4.12. The van der Waals surface area contributed by atoms with Gasteiger partial charge in [-0.05, 0) is 35.9 Å². The molecule has 25 heavy (non-hydrogen) atoms. The molecular weight excluding hydrogens is 387 g/mol. The zero-order valence-corrected chi connectivity index (χ0v) is 15.8. The Morgan fingerprint density at radius 3 is 2.44 bits per heavy atom. The second kappa shape index (κ2) is 8.99. The molecule has 0 atom stereocenters. The van der Waals surface area contributed by atoms with Crippen molar-refractivity contribution in [3.8, 4) is 11.5 Å². The Balaban J connectivity index is 2.04. The van der Waals surface area contributed by atoms with Gasteiger partial charge in [-0.15, -0.1) is 0 Å². The highest BCUT2D eigenvalue weighted by Crippen LogP contribution is 2.36. The summed E-state index contributed by atoms with van der Waals surface area (Å²) in [4.78, 5) is 11.9. The highest BCUT2D eigenvalue weighted by Gasteiger charge is 2.10. The van der Waals surface area contributed by atoms with Gasteiger partial charge in [0.15, 0.2) is 11.5 Å². The quantitative estimate of drug-likeness (QED) is 0.479. The number of benzene rings is 2. The molecule has 0 saturated heterocycles. The average molecular weight is 402 g/mol. The molecular formula is C18H15Cl3O4. The van der Waals surface area contributed by atoms with Crippen molar-refractivity contribution in [3.63, 3.8) is 0 Å². The van der Waals surface area contributed by atoms with Crippen molar-refractivity contribution in [3.05, 3.63) is 62.6 Å². The number of ether oxygens (including phenoxy) is 3. The third kappa shape index (κ3) is 5.30. The topological polar surface area (TPSA) is 44.8 Å². The number of methoxy groups -OCH3 is 2. The van der Waals surface area contributed by atoms with E-state index < -0.39 is 5.97 Å². The molecule has 0 aliphatic heterocycles. The lowest BCUT2D eigenvalue weighted by Gasteiger charge is -2.10. The lowest BCUT2D eigenvalue weighted by molar-refractivity contribution is -0.138. The Bertz CT molecular complexity index is 803. The van der Waals surface area contributed by atoms with Gasteiger partial charge in [-0.1, -0.05) is 40.9 Å². The Labute approximate surface area is 160 Å². The fourth-order valence-electron chi connectivity index (χ4n) is 2.03. The fourth-order valence-corrected chi connectivity index (χ4v) is 2.79. The number of rotatable bonds is 6. The summed E-state index contributed by atoms with van der Waals surface area (Å²) in [5, 5.41) is 1.34. The molecule has 2 aromatic rings. The number of esters is 1. The van der Waals surface area contributed by atoms with Crippen LogP contribution in [0.4, 0.5) is 0 Å². The SMILES string of the molecule is COc1cc(C=CC(=O)OCc2ccc(Cl)cc2Cl)cc(Cl)c1OC. The first kappa shape index (κ1) is 19.4. The maximum absolute atomic E-state index is 11.9. The van der Waals surface area contributed by atoms with E-state index in [0.29, 0.717) is 37.7 Å². The van der Waals surface area contributed by atoms with Crippen LogP contribution < -0.4 is 9.47 Å². The van der Waals surface area contributed by atoms with Crippen LogP contribution >= 0.6 is 34.8 Å². The zero-order chi connectivity index (χ0) is 18.4. The highest BCUT2D eigenvalue weighted by atomic mass is 35.5. The van der Waals surface area contributed by atoms with Crippen molar-refractivity contribution in [2.75, 3.05) is 14.2 Å². The molecule has 0 saturated carbocycles. The van der Waals surface area contributed by atoms with Crippen LogP contribution in [-0.4, -0.2) is 20.2 Å².